The van der Waals surface area contributed by atoms with Crippen molar-refractivity contribution >= 4 is 11.6 Å². The van der Waals surface area contributed by atoms with Crippen LogP contribution in [0.1, 0.15) is 38.5 Å². The zero-order chi connectivity index (χ0) is 15.1. The molecule has 116 valence electrons. The lowest BCUT2D eigenvalue weighted by Gasteiger charge is -2.32. The van der Waals surface area contributed by atoms with E-state index in [9.17, 15) is 9.90 Å². The minimum absolute atomic E-state index is 0.108. The van der Waals surface area contributed by atoms with Crippen LogP contribution in [0, 0.1) is 0 Å². The molecule has 1 saturated carbocycles. The Morgan fingerprint density at radius 3 is 2.71 bits per heavy atom. The number of nitrogens with two attached hydrogens (primary N) is 1. The van der Waals surface area contributed by atoms with Gasteiger partial charge in [-0.05, 0) is 25.0 Å². The number of anilines is 1. The minimum Gasteiger partial charge on any atom is -0.491 e. The van der Waals surface area contributed by atoms with E-state index in [0.29, 0.717) is 18.0 Å². The van der Waals surface area contributed by atoms with Crippen LogP contribution in [0.3, 0.4) is 0 Å². The standard InChI is InChI=1S/C16H24N2O3/c17-13-6-2-3-7-14(13)21-11-8-15(19)18-12-16(20)9-4-1-5-10-16/h2-3,6-7,20H,1,4-5,8-12,17H2,(H,18,19). The average molecular weight is 292 g/mol. The summed E-state index contributed by atoms with van der Waals surface area (Å²) < 4.78 is 5.48. The molecule has 5 heteroatoms. The van der Waals surface area contributed by atoms with Gasteiger partial charge in [0.25, 0.3) is 0 Å². The average Bonchev–Trinajstić information content (AvgIpc) is 2.48. The summed E-state index contributed by atoms with van der Waals surface area (Å²) in [5, 5.41) is 13.1. The molecule has 1 aromatic carbocycles. The molecule has 0 bridgehead atoms. The molecule has 0 spiro atoms. The highest BCUT2D eigenvalue weighted by Gasteiger charge is 2.29. The van der Waals surface area contributed by atoms with E-state index in [1.807, 2.05) is 12.1 Å². The van der Waals surface area contributed by atoms with Gasteiger partial charge in [0.05, 0.1) is 24.3 Å². The van der Waals surface area contributed by atoms with Crippen LogP contribution in [0.25, 0.3) is 0 Å². The van der Waals surface area contributed by atoms with E-state index in [1.54, 1.807) is 12.1 Å². The molecule has 0 atom stereocenters. The van der Waals surface area contributed by atoms with Crippen molar-refractivity contribution in [3.63, 3.8) is 0 Å². The molecule has 1 aliphatic rings. The number of benzene rings is 1. The molecule has 21 heavy (non-hydrogen) atoms. The Bertz CT molecular complexity index is 470. The highest BCUT2D eigenvalue weighted by molar-refractivity contribution is 5.76. The quantitative estimate of drug-likeness (QED) is 0.699. The number of carbonyl (C=O) groups excluding carboxylic acids is 1. The first-order chi connectivity index (χ1) is 10.1. The molecule has 2 rings (SSSR count). The first-order valence-corrected chi connectivity index (χ1v) is 7.55. The molecule has 1 amide bonds. The lowest BCUT2D eigenvalue weighted by atomic mass is 9.85. The Labute approximate surface area is 125 Å². The Balaban J connectivity index is 1.67. The molecular formula is C16H24N2O3. The zero-order valence-corrected chi connectivity index (χ0v) is 12.3. The van der Waals surface area contributed by atoms with Gasteiger partial charge in [-0.15, -0.1) is 0 Å². The van der Waals surface area contributed by atoms with Crippen LogP contribution in [0.15, 0.2) is 24.3 Å². The number of rotatable bonds is 6. The van der Waals surface area contributed by atoms with E-state index >= 15 is 0 Å². The van der Waals surface area contributed by atoms with Crippen molar-refractivity contribution in [3.05, 3.63) is 24.3 Å². The molecule has 0 aliphatic heterocycles. The molecule has 0 radical (unpaired) electrons. The smallest absolute Gasteiger partial charge is 0.223 e. The number of hydrogen-bond acceptors (Lipinski definition) is 4. The second-order valence-electron chi connectivity index (χ2n) is 5.70. The summed E-state index contributed by atoms with van der Waals surface area (Å²) in [5.41, 5.74) is 5.59. The molecule has 5 nitrogen and oxygen atoms in total. The topological polar surface area (TPSA) is 84.6 Å². The van der Waals surface area contributed by atoms with Crippen LogP contribution in [-0.2, 0) is 4.79 Å². The minimum atomic E-state index is -0.724. The molecular weight excluding hydrogens is 268 g/mol. The first-order valence-electron chi connectivity index (χ1n) is 7.55. The van der Waals surface area contributed by atoms with Crippen molar-refractivity contribution in [2.24, 2.45) is 0 Å². The number of amides is 1. The van der Waals surface area contributed by atoms with Gasteiger partial charge in [0, 0.05) is 6.54 Å². The van der Waals surface area contributed by atoms with Crippen LogP contribution in [-0.4, -0.2) is 29.8 Å². The number of hydrogen-bond donors (Lipinski definition) is 3. The SMILES string of the molecule is Nc1ccccc1OCCC(=O)NCC1(O)CCCCC1. The Kier molecular flexibility index (Phi) is 5.44. The number of nitrogen functional groups attached to an aromatic ring is 1. The summed E-state index contributed by atoms with van der Waals surface area (Å²) in [4.78, 5) is 11.8. The van der Waals surface area contributed by atoms with E-state index in [0.717, 1.165) is 25.7 Å². The summed E-state index contributed by atoms with van der Waals surface area (Å²) >= 11 is 0. The molecule has 0 heterocycles. The number of nitrogens with one attached hydrogen (secondary N) is 1. The zero-order valence-electron chi connectivity index (χ0n) is 12.3. The van der Waals surface area contributed by atoms with Crippen LogP contribution >= 0.6 is 0 Å². The third-order valence-electron chi connectivity index (χ3n) is 3.90. The van der Waals surface area contributed by atoms with Crippen molar-refractivity contribution in [1.29, 1.82) is 0 Å². The highest BCUT2D eigenvalue weighted by Crippen LogP contribution is 2.27. The van der Waals surface area contributed by atoms with Crippen molar-refractivity contribution in [3.8, 4) is 5.75 Å². The Hall–Kier alpha value is -1.75. The van der Waals surface area contributed by atoms with E-state index in [1.165, 1.54) is 6.42 Å². The molecule has 1 fully saturated rings. The summed E-state index contributed by atoms with van der Waals surface area (Å²) in [7, 11) is 0. The van der Waals surface area contributed by atoms with Crippen LogP contribution in [0.4, 0.5) is 5.69 Å². The monoisotopic (exact) mass is 292 g/mol. The van der Waals surface area contributed by atoms with E-state index in [-0.39, 0.29) is 18.9 Å². The normalized spacial score (nSPS) is 17.2. The largest absolute Gasteiger partial charge is 0.491 e. The van der Waals surface area contributed by atoms with Gasteiger partial charge in [-0.25, -0.2) is 0 Å². The second kappa shape index (κ2) is 7.31. The summed E-state index contributed by atoms with van der Waals surface area (Å²) in [6, 6.07) is 7.20. The van der Waals surface area contributed by atoms with E-state index in [2.05, 4.69) is 5.32 Å². The van der Waals surface area contributed by atoms with Gasteiger partial charge < -0.3 is 20.9 Å². The molecule has 0 saturated heterocycles. The highest BCUT2D eigenvalue weighted by atomic mass is 16.5. The van der Waals surface area contributed by atoms with Crippen molar-refractivity contribution in [2.75, 3.05) is 18.9 Å². The Morgan fingerprint density at radius 2 is 2.00 bits per heavy atom. The van der Waals surface area contributed by atoms with Crippen molar-refractivity contribution in [1.82, 2.24) is 5.32 Å². The number of carbonyl (C=O) groups is 1. The number of aliphatic hydroxyl groups is 1. The lowest BCUT2D eigenvalue weighted by Crippen LogP contribution is -2.44. The number of para-hydroxylation sites is 2. The van der Waals surface area contributed by atoms with Crippen LogP contribution in [0.2, 0.25) is 0 Å². The fraction of sp³-hybridized carbons (Fsp3) is 0.562. The molecule has 1 aromatic rings. The summed E-state index contributed by atoms with van der Waals surface area (Å²) in [6.45, 7) is 0.609. The maximum Gasteiger partial charge on any atom is 0.223 e. The van der Waals surface area contributed by atoms with Crippen LogP contribution in [0.5, 0.6) is 5.75 Å². The Morgan fingerprint density at radius 1 is 1.29 bits per heavy atom. The van der Waals surface area contributed by atoms with Gasteiger partial charge in [0.1, 0.15) is 5.75 Å². The van der Waals surface area contributed by atoms with Gasteiger partial charge in [-0.1, -0.05) is 31.4 Å². The summed E-state index contributed by atoms with van der Waals surface area (Å²) in [6.07, 6.45) is 5.02. The van der Waals surface area contributed by atoms with Crippen molar-refractivity contribution in [2.45, 2.75) is 44.1 Å². The van der Waals surface area contributed by atoms with Gasteiger partial charge in [-0.2, -0.15) is 0 Å². The van der Waals surface area contributed by atoms with Gasteiger partial charge in [0.2, 0.25) is 5.91 Å². The molecule has 1 aliphatic carbocycles. The van der Waals surface area contributed by atoms with Crippen molar-refractivity contribution < 1.29 is 14.6 Å². The predicted molar refractivity (Wildman–Crippen MR) is 82.0 cm³/mol. The van der Waals surface area contributed by atoms with Gasteiger partial charge in [0.15, 0.2) is 0 Å². The van der Waals surface area contributed by atoms with Crippen LogP contribution < -0.4 is 15.8 Å². The lowest BCUT2D eigenvalue weighted by molar-refractivity contribution is -0.123. The third-order valence-corrected chi connectivity index (χ3v) is 3.90. The first kappa shape index (κ1) is 15.6. The summed E-state index contributed by atoms with van der Waals surface area (Å²) in [5.74, 6) is 0.486. The van der Waals surface area contributed by atoms with Gasteiger partial charge >= 0.3 is 0 Å². The molecule has 0 unspecified atom stereocenters. The molecule has 4 N–H and O–H groups in total. The van der Waals surface area contributed by atoms with E-state index in [4.69, 9.17) is 10.5 Å². The maximum absolute atomic E-state index is 11.8. The predicted octanol–water partition coefficient (Wildman–Crippen LogP) is 1.85. The van der Waals surface area contributed by atoms with Gasteiger partial charge in [-0.3, -0.25) is 4.79 Å². The second-order valence-corrected chi connectivity index (χ2v) is 5.70. The fourth-order valence-electron chi connectivity index (χ4n) is 2.60. The fourth-order valence-corrected chi connectivity index (χ4v) is 2.60. The third kappa shape index (κ3) is 4.93. The molecule has 0 aromatic heterocycles. The number of ether oxygens (including phenoxy) is 1. The van der Waals surface area contributed by atoms with E-state index < -0.39 is 5.60 Å². The maximum atomic E-state index is 11.8.